The van der Waals surface area contributed by atoms with Crippen molar-refractivity contribution in [1.82, 2.24) is 0 Å². The molecule has 1 amide bonds. The second-order valence-corrected chi connectivity index (χ2v) is 6.04. The molecule has 0 aliphatic carbocycles. The van der Waals surface area contributed by atoms with Gasteiger partial charge in [-0.3, -0.25) is 4.79 Å². The van der Waals surface area contributed by atoms with E-state index in [2.05, 4.69) is 17.9 Å². The molecule has 0 bridgehead atoms. The van der Waals surface area contributed by atoms with Crippen LogP contribution in [0.5, 0.6) is 0 Å². The Kier molecular flexibility index (Phi) is 4.88. The Morgan fingerprint density at radius 3 is 2.33 bits per heavy atom. The highest BCUT2D eigenvalue weighted by molar-refractivity contribution is 7.80. The maximum atomic E-state index is 14.2. The Morgan fingerprint density at radius 2 is 1.62 bits per heavy atom. The third-order valence-corrected chi connectivity index (χ3v) is 4.24. The van der Waals surface area contributed by atoms with Crippen molar-refractivity contribution in [3.05, 3.63) is 83.1 Å². The lowest BCUT2D eigenvalue weighted by Gasteiger charge is -2.12. The molecule has 0 saturated heterocycles. The zero-order chi connectivity index (χ0) is 17.1. The first-order chi connectivity index (χ1) is 11.6. The van der Waals surface area contributed by atoms with Crippen molar-refractivity contribution in [3.63, 3.8) is 0 Å². The van der Waals surface area contributed by atoms with Crippen LogP contribution in [0.4, 0.5) is 10.1 Å². The van der Waals surface area contributed by atoms with E-state index in [1.54, 1.807) is 30.3 Å². The highest BCUT2D eigenvalue weighted by Crippen LogP contribution is 2.35. The number of carbonyl (C=O) groups excluding carboxylic acids is 1. The monoisotopic (exact) mass is 357 g/mol. The molecule has 24 heavy (non-hydrogen) atoms. The SMILES string of the molecule is O=C(Nc1cc(-c2ccccc2S)c(Cl)cc1F)c1ccccc1. The quantitative estimate of drug-likeness (QED) is 0.579. The number of hydrogen-bond acceptors (Lipinski definition) is 2. The van der Waals surface area contributed by atoms with Crippen LogP contribution in [-0.4, -0.2) is 5.91 Å². The minimum Gasteiger partial charge on any atom is -0.319 e. The van der Waals surface area contributed by atoms with E-state index in [1.807, 2.05) is 24.3 Å². The van der Waals surface area contributed by atoms with Gasteiger partial charge in [0.05, 0.1) is 10.7 Å². The number of benzene rings is 3. The maximum Gasteiger partial charge on any atom is 0.255 e. The highest BCUT2D eigenvalue weighted by atomic mass is 35.5. The number of anilines is 1. The molecule has 0 spiro atoms. The average Bonchev–Trinajstić information content (AvgIpc) is 2.59. The second kappa shape index (κ2) is 7.07. The molecule has 0 aliphatic rings. The molecule has 120 valence electrons. The lowest BCUT2D eigenvalue weighted by molar-refractivity contribution is 0.102. The Bertz CT molecular complexity index is 899. The van der Waals surface area contributed by atoms with Crippen molar-refractivity contribution in [2.75, 3.05) is 5.32 Å². The number of halogens is 2. The maximum absolute atomic E-state index is 14.2. The molecule has 5 heteroatoms. The van der Waals surface area contributed by atoms with Gasteiger partial charge in [0, 0.05) is 16.0 Å². The average molecular weight is 358 g/mol. The number of hydrogen-bond donors (Lipinski definition) is 2. The van der Waals surface area contributed by atoms with E-state index < -0.39 is 5.82 Å². The zero-order valence-electron chi connectivity index (χ0n) is 12.5. The number of amides is 1. The summed E-state index contributed by atoms with van der Waals surface area (Å²) in [7, 11) is 0. The van der Waals surface area contributed by atoms with Gasteiger partial charge in [-0.05, 0) is 35.9 Å². The molecular formula is C19H13ClFNOS. The highest BCUT2D eigenvalue weighted by Gasteiger charge is 2.14. The Morgan fingerprint density at radius 1 is 0.958 bits per heavy atom. The van der Waals surface area contributed by atoms with Crippen LogP contribution in [0.3, 0.4) is 0 Å². The molecule has 2 nitrogen and oxygen atoms in total. The molecule has 0 fully saturated rings. The van der Waals surface area contributed by atoms with Gasteiger partial charge >= 0.3 is 0 Å². The minimum atomic E-state index is -0.593. The molecule has 3 aromatic rings. The van der Waals surface area contributed by atoms with E-state index in [0.717, 1.165) is 5.56 Å². The van der Waals surface area contributed by atoms with Crippen molar-refractivity contribution in [2.45, 2.75) is 4.90 Å². The Hall–Kier alpha value is -2.30. The fraction of sp³-hybridized carbons (Fsp3) is 0. The summed E-state index contributed by atoms with van der Waals surface area (Å²) in [6.07, 6.45) is 0. The van der Waals surface area contributed by atoms with Gasteiger partial charge in [0.25, 0.3) is 5.91 Å². The molecular weight excluding hydrogens is 345 g/mol. The van der Waals surface area contributed by atoms with E-state index in [1.165, 1.54) is 12.1 Å². The fourth-order valence-electron chi connectivity index (χ4n) is 2.34. The molecule has 0 unspecified atom stereocenters. The van der Waals surface area contributed by atoms with Gasteiger partial charge in [-0.25, -0.2) is 4.39 Å². The lowest BCUT2D eigenvalue weighted by Crippen LogP contribution is -2.13. The summed E-state index contributed by atoms with van der Waals surface area (Å²) >= 11 is 10.6. The van der Waals surface area contributed by atoms with E-state index in [9.17, 15) is 9.18 Å². The summed E-state index contributed by atoms with van der Waals surface area (Å²) in [4.78, 5) is 13.0. The first-order valence-electron chi connectivity index (χ1n) is 7.20. The van der Waals surface area contributed by atoms with E-state index in [-0.39, 0.29) is 16.6 Å². The van der Waals surface area contributed by atoms with Crippen LogP contribution in [0.1, 0.15) is 10.4 Å². The summed E-state index contributed by atoms with van der Waals surface area (Å²) in [6.45, 7) is 0. The van der Waals surface area contributed by atoms with Gasteiger partial charge in [0.15, 0.2) is 0 Å². The predicted octanol–water partition coefficient (Wildman–Crippen LogP) is 5.69. The molecule has 0 aromatic heterocycles. The molecule has 0 radical (unpaired) electrons. The van der Waals surface area contributed by atoms with Crippen LogP contribution in [0, 0.1) is 5.82 Å². The zero-order valence-corrected chi connectivity index (χ0v) is 14.1. The number of carbonyl (C=O) groups is 1. The van der Waals surface area contributed by atoms with Gasteiger partial charge in [-0.1, -0.05) is 48.0 Å². The van der Waals surface area contributed by atoms with Crippen LogP contribution < -0.4 is 5.32 Å². The largest absolute Gasteiger partial charge is 0.319 e. The van der Waals surface area contributed by atoms with Gasteiger partial charge in [0.1, 0.15) is 5.82 Å². The van der Waals surface area contributed by atoms with Crippen molar-refractivity contribution >= 4 is 35.8 Å². The van der Waals surface area contributed by atoms with E-state index >= 15 is 0 Å². The van der Waals surface area contributed by atoms with Crippen LogP contribution in [0.25, 0.3) is 11.1 Å². The Labute approximate surface area is 149 Å². The predicted molar refractivity (Wildman–Crippen MR) is 98.5 cm³/mol. The van der Waals surface area contributed by atoms with Crippen LogP contribution in [-0.2, 0) is 0 Å². The molecule has 0 atom stereocenters. The first kappa shape index (κ1) is 16.6. The van der Waals surface area contributed by atoms with Crippen molar-refractivity contribution in [3.8, 4) is 11.1 Å². The normalized spacial score (nSPS) is 10.5. The number of thiol groups is 1. The van der Waals surface area contributed by atoms with Gasteiger partial charge < -0.3 is 5.32 Å². The first-order valence-corrected chi connectivity index (χ1v) is 8.02. The van der Waals surface area contributed by atoms with Gasteiger partial charge in [-0.15, -0.1) is 12.6 Å². The van der Waals surface area contributed by atoms with Crippen LogP contribution in [0.15, 0.2) is 71.6 Å². The summed E-state index contributed by atoms with van der Waals surface area (Å²) in [5, 5.41) is 2.84. The Balaban J connectivity index is 1.99. The molecule has 0 heterocycles. The van der Waals surface area contributed by atoms with Crippen molar-refractivity contribution < 1.29 is 9.18 Å². The third-order valence-electron chi connectivity index (χ3n) is 3.54. The number of rotatable bonds is 3. The standard InChI is InChI=1S/C19H13ClFNOS/c20-15-11-16(21)17(22-19(23)12-6-2-1-3-7-12)10-14(15)13-8-4-5-9-18(13)24/h1-11,24H,(H,22,23). The summed E-state index contributed by atoms with van der Waals surface area (Å²) in [5.41, 5.74) is 1.89. The topological polar surface area (TPSA) is 29.1 Å². The van der Waals surface area contributed by atoms with Crippen LogP contribution >= 0.6 is 24.2 Å². The van der Waals surface area contributed by atoms with Gasteiger partial charge in [0.2, 0.25) is 0 Å². The fourth-order valence-corrected chi connectivity index (χ4v) is 2.87. The molecule has 0 aliphatic heterocycles. The van der Waals surface area contributed by atoms with E-state index in [4.69, 9.17) is 11.6 Å². The molecule has 0 saturated carbocycles. The van der Waals surface area contributed by atoms with E-state index in [0.29, 0.717) is 16.0 Å². The smallest absolute Gasteiger partial charge is 0.255 e. The number of nitrogens with one attached hydrogen (secondary N) is 1. The molecule has 3 rings (SSSR count). The summed E-state index contributed by atoms with van der Waals surface area (Å²) in [6, 6.07) is 18.7. The summed E-state index contributed by atoms with van der Waals surface area (Å²) in [5.74, 6) is -0.980. The summed E-state index contributed by atoms with van der Waals surface area (Å²) < 4.78 is 14.2. The van der Waals surface area contributed by atoms with Crippen molar-refractivity contribution in [2.24, 2.45) is 0 Å². The van der Waals surface area contributed by atoms with Gasteiger partial charge in [-0.2, -0.15) is 0 Å². The third kappa shape index (κ3) is 3.45. The minimum absolute atomic E-state index is 0.0693. The molecule has 3 aromatic carbocycles. The lowest BCUT2D eigenvalue weighted by atomic mass is 10.0. The second-order valence-electron chi connectivity index (χ2n) is 5.15. The van der Waals surface area contributed by atoms with Crippen LogP contribution in [0.2, 0.25) is 5.02 Å². The van der Waals surface area contributed by atoms with Crippen molar-refractivity contribution in [1.29, 1.82) is 0 Å². The molecule has 1 N–H and O–H groups in total.